The van der Waals surface area contributed by atoms with Gasteiger partial charge in [0.25, 0.3) is 0 Å². The maximum Gasteiger partial charge on any atom is 0.469 e. The zero-order valence-electron chi connectivity index (χ0n) is 6.53. The van der Waals surface area contributed by atoms with Gasteiger partial charge in [-0.2, -0.15) is 0 Å². The smallest absolute Gasteiger partial charge is 0.467 e. The molecule has 0 aromatic carbocycles. The van der Waals surface area contributed by atoms with Gasteiger partial charge < -0.3 is 19.3 Å². The van der Waals surface area contributed by atoms with Crippen LogP contribution in [0.3, 0.4) is 0 Å². The average Bonchev–Trinajstić information content (AvgIpc) is 2.50. The molecule has 0 amide bonds. The third kappa shape index (κ3) is 3.71. The van der Waals surface area contributed by atoms with Crippen molar-refractivity contribution in [2.45, 2.75) is 6.10 Å². The van der Waals surface area contributed by atoms with Crippen molar-refractivity contribution < 1.29 is 28.4 Å². The van der Waals surface area contributed by atoms with E-state index in [0.717, 1.165) is 0 Å². The Kier molecular flexibility index (Phi) is 3.24. The van der Waals surface area contributed by atoms with Crippen LogP contribution in [-0.2, 0) is 9.09 Å². The number of hydrogen-bond acceptors (Lipinski definition) is 4. The summed E-state index contributed by atoms with van der Waals surface area (Å²) in [7, 11) is -4.52. The van der Waals surface area contributed by atoms with Crippen LogP contribution in [0.5, 0.6) is 0 Å². The maximum atomic E-state index is 10.2. The molecule has 1 heterocycles. The zero-order valence-corrected chi connectivity index (χ0v) is 7.42. The quantitative estimate of drug-likeness (QED) is 0.620. The highest BCUT2D eigenvalue weighted by Gasteiger charge is 2.18. The van der Waals surface area contributed by atoms with Gasteiger partial charge in [0.15, 0.2) is 0 Å². The second-order valence-electron chi connectivity index (χ2n) is 2.32. The number of aliphatic hydroxyl groups excluding tert-OH is 1. The van der Waals surface area contributed by atoms with Crippen LogP contribution in [0.1, 0.15) is 11.9 Å². The lowest BCUT2D eigenvalue weighted by Crippen LogP contribution is -2.04. The van der Waals surface area contributed by atoms with Crippen LogP contribution in [0.15, 0.2) is 22.8 Å². The molecule has 0 saturated carbocycles. The first-order valence-electron chi connectivity index (χ1n) is 3.40. The lowest BCUT2D eigenvalue weighted by molar-refractivity contribution is 0.0702. The standard InChI is InChI=1S/C6H9O6P/c7-5(4-12-13(8,9)10)6-2-1-3-11-6/h1-3,5,7H,4H2,(H2,8,9,10). The summed E-state index contributed by atoms with van der Waals surface area (Å²) in [6, 6.07) is 3.03. The van der Waals surface area contributed by atoms with E-state index in [1.165, 1.54) is 12.3 Å². The fourth-order valence-electron chi connectivity index (χ4n) is 0.731. The molecular formula is C6H9O6P. The predicted molar refractivity (Wildman–Crippen MR) is 41.7 cm³/mol. The molecule has 74 valence electrons. The molecule has 1 aromatic heterocycles. The fourth-order valence-corrected chi connectivity index (χ4v) is 1.07. The number of furan rings is 1. The lowest BCUT2D eigenvalue weighted by atomic mass is 10.3. The number of hydrogen-bond donors (Lipinski definition) is 3. The Hall–Kier alpha value is -0.650. The highest BCUT2D eigenvalue weighted by Crippen LogP contribution is 2.36. The highest BCUT2D eigenvalue weighted by atomic mass is 31.2. The SMILES string of the molecule is O=P(O)(O)OCC(O)c1ccco1. The van der Waals surface area contributed by atoms with E-state index in [9.17, 15) is 9.67 Å². The third-order valence-corrected chi connectivity index (χ3v) is 1.76. The van der Waals surface area contributed by atoms with Crippen molar-refractivity contribution >= 4 is 7.82 Å². The van der Waals surface area contributed by atoms with Crippen molar-refractivity contribution in [2.75, 3.05) is 6.61 Å². The van der Waals surface area contributed by atoms with Crippen molar-refractivity contribution in [1.82, 2.24) is 0 Å². The Bertz CT molecular complexity index is 288. The molecule has 1 rings (SSSR count). The largest absolute Gasteiger partial charge is 0.469 e. The molecule has 7 heteroatoms. The zero-order chi connectivity index (χ0) is 9.90. The van der Waals surface area contributed by atoms with Crippen LogP contribution in [-0.4, -0.2) is 21.5 Å². The van der Waals surface area contributed by atoms with Crippen LogP contribution < -0.4 is 0 Å². The lowest BCUT2D eigenvalue weighted by Gasteiger charge is -2.08. The molecule has 13 heavy (non-hydrogen) atoms. The summed E-state index contributed by atoms with van der Waals surface area (Å²) in [6.45, 7) is -0.502. The fraction of sp³-hybridized carbons (Fsp3) is 0.333. The summed E-state index contributed by atoms with van der Waals surface area (Å²) in [5, 5.41) is 9.21. The molecule has 3 N–H and O–H groups in total. The molecule has 0 fully saturated rings. The van der Waals surface area contributed by atoms with Gasteiger partial charge in [0.05, 0.1) is 12.9 Å². The van der Waals surface area contributed by atoms with Crippen LogP contribution >= 0.6 is 7.82 Å². The second kappa shape index (κ2) is 4.04. The Morgan fingerprint density at radius 3 is 2.77 bits per heavy atom. The molecule has 0 aliphatic carbocycles. The van der Waals surface area contributed by atoms with Gasteiger partial charge in [-0.25, -0.2) is 4.57 Å². The first-order valence-corrected chi connectivity index (χ1v) is 4.93. The number of rotatable bonds is 4. The monoisotopic (exact) mass is 208 g/mol. The summed E-state index contributed by atoms with van der Waals surface area (Å²) in [6.07, 6.45) is 0.179. The van der Waals surface area contributed by atoms with Crippen LogP contribution in [0.4, 0.5) is 0 Å². The van der Waals surface area contributed by atoms with E-state index in [4.69, 9.17) is 14.2 Å². The van der Waals surface area contributed by atoms with Gasteiger partial charge in [-0.1, -0.05) is 0 Å². The molecule has 0 aliphatic heterocycles. The summed E-state index contributed by atoms with van der Waals surface area (Å²) >= 11 is 0. The second-order valence-corrected chi connectivity index (χ2v) is 3.56. The molecule has 0 bridgehead atoms. The van der Waals surface area contributed by atoms with E-state index < -0.39 is 20.5 Å². The highest BCUT2D eigenvalue weighted by molar-refractivity contribution is 7.46. The number of phosphoric acid groups is 1. The van der Waals surface area contributed by atoms with E-state index in [1.54, 1.807) is 6.07 Å². The Labute approximate surface area is 74.0 Å². The first kappa shape index (κ1) is 10.4. The molecule has 0 saturated heterocycles. The van der Waals surface area contributed by atoms with Crippen LogP contribution in [0.2, 0.25) is 0 Å². The summed E-state index contributed by atoms with van der Waals surface area (Å²) in [5.74, 6) is 0.202. The summed E-state index contributed by atoms with van der Waals surface area (Å²) in [5.41, 5.74) is 0. The van der Waals surface area contributed by atoms with Crippen molar-refractivity contribution in [2.24, 2.45) is 0 Å². The number of phosphoric ester groups is 1. The van der Waals surface area contributed by atoms with E-state index in [2.05, 4.69) is 4.52 Å². The van der Waals surface area contributed by atoms with E-state index in [0.29, 0.717) is 0 Å². The van der Waals surface area contributed by atoms with Crippen molar-refractivity contribution in [1.29, 1.82) is 0 Å². The van der Waals surface area contributed by atoms with Crippen LogP contribution in [0.25, 0.3) is 0 Å². The first-order chi connectivity index (χ1) is 5.99. The Morgan fingerprint density at radius 1 is 1.62 bits per heavy atom. The van der Waals surface area contributed by atoms with Gasteiger partial charge in [-0.15, -0.1) is 0 Å². The molecule has 1 aromatic rings. The topological polar surface area (TPSA) is 100 Å². The Balaban J connectivity index is 2.43. The van der Waals surface area contributed by atoms with Crippen molar-refractivity contribution in [3.63, 3.8) is 0 Å². The minimum absolute atomic E-state index is 0.202. The maximum absolute atomic E-state index is 10.2. The Morgan fingerprint density at radius 2 is 2.31 bits per heavy atom. The van der Waals surface area contributed by atoms with Gasteiger partial charge in [0.2, 0.25) is 0 Å². The average molecular weight is 208 g/mol. The predicted octanol–water partition coefficient (Wildman–Crippen LogP) is 0.422. The van der Waals surface area contributed by atoms with Gasteiger partial charge in [-0.3, -0.25) is 4.52 Å². The molecule has 1 unspecified atom stereocenters. The number of aliphatic hydroxyl groups is 1. The minimum atomic E-state index is -4.52. The van der Waals surface area contributed by atoms with E-state index in [1.807, 2.05) is 0 Å². The van der Waals surface area contributed by atoms with Gasteiger partial charge in [-0.05, 0) is 12.1 Å². The molecule has 0 radical (unpaired) electrons. The summed E-state index contributed by atoms with van der Waals surface area (Å²) < 4.78 is 19.1. The van der Waals surface area contributed by atoms with E-state index in [-0.39, 0.29) is 5.76 Å². The van der Waals surface area contributed by atoms with E-state index >= 15 is 0 Å². The van der Waals surface area contributed by atoms with Crippen molar-refractivity contribution in [3.05, 3.63) is 24.2 Å². The normalized spacial score (nSPS) is 14.4. The molecule has 0 aliphatic rings. The minimum Gasteiger partial charge on any atom is -0.467 e. The molecule has 0 spiro atoms. The molecular weight excluding hydrogens is 199 g/mol. The third-order valence-electron chi connectivity index (χ3n) is 1.27. The molecule has 1 atom stereocenters. The van der Waals surface area contributed by atoms with Gasteiger partial charge >= 0.3 is 7.82 Å². The van der Waals surface area contributed by atoms with Crippen LogP contribution in [0, 0.1) is 0 Å². The van der Waals surface area contributed by atoms with Crippen molar-refractivity contribution in [3.8, 4) is 0 Å². The molecule has 6 nitrogen and oxygen atoms in total. The summed E-state index contributed by atoms with van der Waals surface area (Å²) in [4.78, 5) is 16.6. The van der Waals surface area contributed by atoms with Gasteiger partial charge in [0.1, 0.15) is 11.9 Å². The van der Waals surface area contributed by atoms with Gasteiger partial charge in [0, 0.05) is 0 Å².